The minimum absolute atomic E-state index is 0.0494. The molecular formula is C18H16ClF3N6O4S3. The van der Waals surface area contributed by atoms with Gasteiger partial charge in [-0.1, -0.05) is 34.7 Å². The van der Waals surface area contributed by atoms with Gasteiger partial charge < -0.3 is 10.4 Å². The van der Waals surface area contributed by atoms with Crippen LogP contribution >= 0.6 is 46.5 Å². The van der Waals surface area contributed by atoms with Gasteiger partial charge in [0.25, 0.3) is 5.91 Å². The van der Waals surface area contributed by atoms with E-state index in [2.05, 4.69) is 20.6 Å². The predicted octanol–water partition coefficient (Wildman–Crippen LogP) is 2.55. The number of carbonyl (C=O) groups is 3. The Morgan fingerprint density at radius 2 is 2.03 bits per heavy atom. The first-order valence-electron chi connectivity index (χ1n) is 9.80. The second-order valence-corrected chi connectivity index (χ2v) is 11.4. The van der Waals surface area contributed by atoms with Gasteiger partial charge in [-0.05, 0) is 19.4 Å². The molecule has 4 rings (SSSR count). The van der Waals surface area contributed by atoms with Crippen molar-refractivity contribution < 1.29 is 32.7 Å². The van der Waals surface area contributed by atoms with Crippen LogP contribution in [0.25, 0.3) is 0 Å². The minimum atomic E-state index is -4.78. The van der Waals surface area contributed by atoms with Crippen molar-refractivity contribution >= 4 is 64.2 Å². The van der Waals surface area contributed by atoms with E-state index in [1.807, 2.05) is 0 Å². The third kappa shape index (κ3) is 5.01. The molecule has 0 aliphatic carbocycles. The number of carboxylic acids is 1. The summed E-state index contributed by atoms with van der Waals surface area (Å²) in [6, 6.07) is -1.02. The lowest BCUT2D eigenvalue weighted by Crippen LogP contribution is -2.70. The van der Waals surface area contributed by atoms with Gasteiger partial charge in [0.1, 0.15) is 28.7 Å². The number of β-lactam (4-membered cyclic amide) rings is 1. The maximum Gasteiger partial charge on any atom is 0.436 e. The molecule has 0 radical (unpaired) electrons. The molecule has 2 aliphatic heterocycles. The molecule has 0 unspecified atom stereocenters. The Balaban J connectivity index is 1.44. The molecule has 1 saturated heterocycles. The normalized spacial score (nSPS) is 20.1. The molecule has 0 bridgehead atoms. The number of aliphatic carboxylic acids is 1. The lowest BCUT2D eigenvalue weighted by molar-refractivity contribution is -0.150. The summed E-state index contributed by atoms with van der Waals surface area (Å²) in [6.07, 6.45) is -4.78. The quantitative estimate of drug-likeness (QED) is 0.382. The number of fused-ring (bicyclic) bond motifs is 1. The highest BCUT2D eigenvalue weighted by atomic mass is 35.5. The number of carbonyl (C=O) groups excluding carboxylic acids is 2. The number of hydrogen-bond acceptors (Lipinski definition) is 9. The summed E-state index contributed by atoms with van der Waals surface area (Å²) in [7, 11) is 0. The van der Waals surface area contributed by atoms with Crippen LogP contribution in [0.5, 0.6) is 0 Å². The standard InChI is InChI=1S/C18H16ClF3N6O4S3/c1-6-10(19)13(18(20,21)22)26-27(6)3-9(29)23-11-14(30)28-12(16(31)32)8(4-33-15(11)28)5-34-17-25-24-7(2)35-17/h11,15H,3-5H2,1-2H3,(H,23,29)(H,31,32)/t11-,15-/m0/s1. The van der Waals surface area contributed by atoms with Gasteiger partial charge in [0.15, 0.2) is 10.0 Å². The first kappa shape index (κ1) is 25.8. The number of nitrogens with one attached hydrogen (secondary N) is 1. The lowest BCUT2D eigenvalue weighted by Gasteiger charge is -2.49. The van der Waals surface area contributed by atoms with Gasteiger partial charge in [-0.2, -0.15) is 18.3 Å². The van der Waals surface area contributed by atoms with Crippen molar-refractivity contribution in [1.82, 2.24) is 30.2 Å². The summed E-state index contributed by atoms with van der Waals surface area (Å²) < 4.78 is 40.5. The van der Waals surface area contributed by atoms with Crippen LogP contribution in [0.4, 0.5) is 13.2 Å². The van der Waals surface area contributed by atoms with Crippen LogP contribution in [0.15, 0.2) is 15.6 Å². The molecule has 17 heteroatoms. The van der Waals surface area contributed by atoms with Crippen LogP contribution in [-0.2, 0) is 27.1 Å². The van der Waals surface area contributed by atoms with Crippen molar-refractivity contribution in [2.24, 2.45) is 0 Å². The fraction of sp³-hybridized carbons (Fsp3) is 0.444. The van der Waals surface area contributed by atoms with Crippen LogP contribution in [0.1, 0.15) is 16.4 Å². The molecule has 2 aliphatic rings. The van der Waals surface area contributed by atoms with E-state index in [1.165, 1.54) is 41.8 Å². The molecule has 188 valence electrons. The van der Waals surface area contributed by atoms with E-state index in [-0.39, 0.29) is 11.4 Å². The Hall–Kier alpha value is -2.30. The van der Waals surface area contributed by atoms with E-state index >= 15 is 0 Å². The molecule has 2 aromatic heterocycles. The maximum absolute atomic E-state index is 13.0. The molecule has 10 nitrogen and oxygen atoms in total. The molecule has 35 heavy (non-hydrogen) atoms. The summed E-state index contributed by atoms with van der Waals surface area (Å²) in [4.78, 5) is 38.3. The Morgan fingerprint density at radius 1 is 1.31 bits per heavy atom. The predicted molar refractivity (Wildman–Crippen MR) is 122 cm³/mol. The Bertz CT molecular complexity index is 1250. The highest BCUT2D eigenvalue weighted by Crippen LogP contribution is 2.42. The number of nitrogens with zero attached hydrogens (tertiary/aromatic N) is 5. The molecular weight excluding hydrogens is 553 g/mol. The van der Waals surface area contributed by atoms with E-state index in [0.717, 1.165) is 14.6 Å². The number of thioether (sulfide) groups is 2. The fourth-order valence-corrected chi connectivity index (χ4v) is 7.04. The minimum Gasteiger partial charge on any atom is -0.477 e. The zero-order chi connectivity index (χ0) is 25.7. The van der Waals surface area contributed by atoms with E-state index < -0.39 is 52.6 Å². The zero-order valence-electron chi connectivity index (χ0n) is 17.9. The second-order valence-electron chi connectivity index (χ2n) is 7.49. The van der Waals surface area contributed by atoms with Crippen molar-refractivity contribution in [3.8, 4) is 0 Å². The molecule has 0 spiro atoms. The summed E-state index contributed by atoms with van der Waals surface area (Å²) in [5.41, 5.74) is -0.950. The summed E-state index contributed by atoms with van der Waals surface area (Å²) in [6.45, 7) is 2.50. The zero-order valence-corrected chi connectivity index (χ0v) is 21.1. The number of aromatic nitrogens is 4. The van der Waals surface area contributed by atoms with Gasteiger partial charge in [0.05, 0.1) is 10.7 Å². The molecule has 2 N–H and O–H groups in total. The van der Waals surface area contributed by atoms with E-state index in [4.69, 9.17) is 11.6 Å². The monoisotopic (exact) mass is 568 g/mol. The molecule has 2 amide bonds. The number of halogens is 4. The average molecular weight is 569 g/mol. The third-order valence-electron chi connectivity index (χ3n) is 5.14. The second kappa shape index (κ2) is 9.63. The Morgan fingerprint density at radius 3 is 2.60 bits per heavy atom. The van der Waals surface area contributed by atoms with Gasteiger partial charge in [-0.15, -0.1) is 22.0 Å². The number of alkyl halides is 3. The maximum atomic E-state index is 13.0. The third-order valence-corrected chi connectivity index (χ3v) is 8.99. The topological polar surface area (TPSA) is 130 Å². The van der Waals surface area contributed by atoms with Gasteiger partial charge in [0.2, 0.25) is 5.91 Å². The first-order valence-corrected chi connectivity index (χ1v) is 13.0. The molecule has 0 aromatic carbocycles. The summed E-state index contributed by atoms with van der Waals surface area (Å²) in [5.74, 6) is -2.02. The summed E-state index contributed by atoms with van der Waals surface area (Å²) in [5, 5.41) is 23.0. The van der Waals surface area contributed by atoms with Crippen molar-refractivity contribution in [2.75, 3.05) is 11.5 Å². The van der Waals surface area contributed by atoms with Gasteiger partial charge in [-0.25, -0.2) is 4.79 Å². The molecule has 0 saturated carbocycles. The largest absolute Gasteiger partial charge is 0.477 e. The van der Waals surface area contributed by atoms with Crippen molar-refractivity contribution in [1.29, 1.82) is 0 Å². The number of amides is 2. The van der Waals surface area contributed by atoms with E-state index in [9.17, 15) is 32.7 Å². The van der Waals surface area contributed by atoms with E-state index in [0.29, 0.717) is 21.4 Å². The van der Waals surface area contributed by atoms with Gasteiger partial charge in [0, 0.05) is 11.5 Å². The van der Waals surface area contributed by atoms with Crippen molar-refractivity contribution in [3.05, 3.63) is 32.7 Å². The van der Waals surface area contributed by atoms with Gasteiger partial charge >= 0.3 is 12.1 Å². The van der Waals surface area contributed by atoms with Crippen molar-refractivity contribution in [3.63, 3.8) is 0 Å². The number of aryl methyl sites for hydroxylation is 1. The molecule has 1 fully saturated rings. The average Bonchev–Trinajstić information content (AvgIpc) is 3.32. The van der Waals surface area contributed by atoms with Crippen LogP contribution in [0.2, 0.25) is 5.02 Å². The SMILES string of the molecule is Cc1nnc(SCC2=C(C(=O)O)N3C(=O)[C@H](NC(=O)Cn4nc(C(F)(F)F)c(Cl)c4C)[C@@H]3SC2)s1. The highest BCUT2D eigenvalue weighted by molar-refractivity contribution is 8.01. The molecule has 4 heterocycles. The van der Waals surface area contributed by atoms with E-state index in [1.54, 1.807) is 6.92 Å². The summed E-state index contributed by atoms with van der Waals surface area (Å²) >= 11 is 9.68. The number of carboxylic acid groups (broad SMARTS) is 1. The molecule has 2 atom stereocenters. The highest BCUT2D eigenvalue weighted by Gasteiger charge is 2.54. The van der Waals surface area contributed by atoms with Crippen LogP contribution in [-0.4, -0.2) is 70.7 Å². The van der Waals surface area contributed by atoms with Gasteiger partial charge in [-0.3, -0.25) is 19.2 Å². The smallest absolute Gasteiger partial charge is 0.436 e. The number of rotatable bonds is 7. The van der Waals surface area contributed by atoms with Crippen LogP contribution in [0.3, 0.4) is 0 Å². The Kier molecular flexibility index (Phi) is 7.09. The molecule has 2 aromatic rings. The number of hydrogen-bond donors (Lipinski definition) is 2. The van der Waals surface area contributed by atoms with Crippen LogP contribution < -0.4 is 5.32 Å². The first-order chi connectivity index (χ1) is 16.4. The lowest BCUT2D eigenvalue weighted by atomic mass is 10.0. The van der Waals surface area contributed by atoms with Crippen LogP contribution in [0, 0.1) is 13.8 Å². The van der Waals surface area contributed by atoms with Crippen molar-refractivity contribution in [2.45, 2.75) is 42.3 Å². The Labute approximate surface area is 213 Å². The fourth-order valence-electron chi connectivity index (χ4n) is 3.49.